The number of pyridine rings is 1. The fourth-order valence-corrected chi connectivity index (χ4v) is 2.27. The van der Waals surface area contributed by atoms with Crippen molar-refractivity contribution in [3.8, 4) is 11.6 Å². The first-order valence-corrected chi connectivity index (χ1v) is 6.49. The van der Waals surface area contributed by atoms with Gasteiger partial charge in [0, 0.05) is 27.9 Å². The van der Waals surface area contributed by atoms with Gasteiger partial charge in [0.05, 0.1) is 11.5 Å². The van der Waals surface area contributed by atoms with Crippen LogP contribution in [0.2, 0.25) is 0 Å². The number of aromatic nitrogens is 1. The van der Waals surface area contributed by atoms with Crippen molar-refractivity contribution in [2.45, 2.75) is 13.5 Å². The monoisotopic (exact) mass is 338 g/mol. The van der Waals surface area contributed by atoms with Gasteiger partial charge in [0.25, 0.3) is 0 Å². The SMILES string of the molecule is Cc1cc(Br)cc([N+](=O)[O-])c1Oc1ncccc1CO. The second kappa shape index (κ2) is 5.98. The number of hydrogen-bond donors (Lipinski definition) is 1. The topological polar surface area (TPSA) is 85.5 Å². The van der Waals surface area contributed by atoms with Crippen molar-refractivity contribution in [3.63, 3.8) is 0 Å². The van der Waals surface area contributed by atoms with Crippen LogP contribution in [0.4, 0.5) is 5.69 Å². The number of rotatable bonds is 4. The summed E-state index contributed by atoms with van der Waals surface area (Å²) >= 11 is 3.21. The van der Waals surface area contributed by atoms with Gasteiger partial charge in [-0.25, -0.2) is 4.98 Å². The molecule has 0 bridgehead atoms. The molecule has 0 atom stereocenters. The first kappa shape index (κ1) is 14.4. The zero-order chi connectivity index (χ0) is 14.7. The van der Waals surface area contributed by atoms with Gasteiger partial charge in [-0.3, -0.25) is 10.1 Å². The summed E-state index contributed by atoms with van der Waals surface area (Å²) in [5.41, 5.74) is 0.899. The Morgan fingerprint density at radius 1 is 1.50 bits per heavy atom. The highest BCUT2D eigenvalue weighted by Crippen LogP contribution is 2.37. The molecule has 2 aromatic rings. The molecular weight excluding hydrogens is 328 g/mol. The summed E-state index contributed by atoms with van der Waals surface area (Å²) in [6.07, 6.45) is 1.49. The number of nitro benzene ring substituents is 1. The van der Waals surface area contributed by atoms with Gasteiger partial charge in [0.2, 0.25) is 11.6 Å². The number of halogens is 1. The van der Waals surface area contributed by atoms with E-state index in [9.17, 15) is 15.2 Å². The van der Waals surface area contributed by atoms with Gasteiger partial charge in [-0.05, 0) is 25.1 Å². The largest absolute Gasteiger partial charge is 0.431 e. The van der Waals surface area contributed by atoms with Gasteiger partial charge in [-0.1, -0.05) is 15.9 Å². The third kappa shape index (κ3) is 2.94. The Bertz CT molecular complexity index is 661. The molecule has 104 valence electrons. The van der Waals surface area contributed by atoms with Crippen LogP contribution >= 0.6 is 15.9 Å². The summed E-state index contributed by atoms with van der Waals surface area (Å²) in [5.74, 6) is 0.273. The van der Waals surface area contributed by atoms with Gasteiger partial charge in [0.1, 0.15) is 0 Å². The number of benzene rings is 1. The van der Waals surface area contributed by atoms with Crippen molar-refractivity contribution in [1.82, 2.24) is 4.98 Å². The van der Waals surface area contributed by atoms with E-state index >= 15 is 0 Å². The average Bonchev–Trinajstić information content (AvgIpc) is 2.41. The van der Waals surface area contributed by atoms with Crippen molar-refractivity contribution >= 4 is 21.6 Å². The molecule has 0 saturated heterocycles. The van der Waals surface area contributed by atoms with Crippen molar-refractivity contribution in [2.24, 2.45) is 0 Å². The van der Waals surface area contributed by atoms with E-state index in [4.69, 9.17) is 4.74 Å². The number of nitro groups is 1. The van der Waals surface area contributed by atoms with E-state index < -0.39 is 4.92 Å². The molecule has 0 saturated carbocycles. The lowest BCUT2D eigenvalue weighted by molar-refractivity contribution is -0.385. The van der Waals surface area contributed by atoms with Crippen LogP contribution in [0.5, 0.6) is 11.6 Å². The molecule has 0 unspecified atom stereocenters. The highest BCUT2D eigenvalue weighted by molar-refractivity contribution is 9.10. The van der Waals surface area contributed by atoms with Crippen LogP contribution in [0, 0.1) is 17.0 Å². The fraction of sp³-hybridized carbons (Fsp3) is 0.154. The molecule has 0 aliphatic heterocycles. The maximum absolute atomic E-state index is 11.1. The van der Waals surface area contributed by atoms with Crippen molar-refractivity contribution < 1.29 is 14.8 Å². The van der Waals surface area contributed by atoms with E-state index in [0.29, 0.717) is 15.6 Å². The third-order valence-corrected chi connectivity index (χ3v) is 3.09. The number of ether oxygens (including phenoxy) is 1. The molecule has 1 aromatic heterocycles. The Morgan fingerprint density at radius 3 is 2.90 bits per heavy atom. The number of aliphatic hydroxyl groups excluding tert-OH is 1. The Labute approximate surface area is 123 Å². The van der Waals surface area contributed by atoms with Crippen LogP contribution in [-0.4, -0.2) is 15.0 Å². The van der Waals surface area contributed by atoms with E-state index in [1.165, 1.54) is 12.3 Å². The number of nitrogens with zero attached hydrogens (tertiary/aromatic N) is 2. The smallest absolute Gasteiger partial charge is 0.313 e. The van der Waals surface area contributed by atoms with Crippen molar-refractivity contribution in [2.75, 3.05) is 0 Å². The van der Waals surface area contributed by atoms with Crippen molar-refractivity contribution in [1.29, 1.82) is 0 Å². The minimum Gasteiger partial charge on any atom is -0.431 e. The Morgan fingerprint density at radius 2 is 2.25 bits per heavy atom. The van der Waals surface area contributed by atoms with E-state index in [1.807, 2.05) is 0 Å². The van der Waals surface area contributed by atoms with Crippen LogP contribution in [0.15, 0.2) is 34.9 Å². The van der Waals surface area contributed by atoms with E-state index in [-0.39, 0.29) is 23.9 Å². The predicted octanol–water partition coefficient (Wildman–Crippen LogP) is 3.35. The molecule has 0 amide bonds. The standard InChI is InChI=1S/C13H11BrN2O4/c1-8-5-10(14)6-11(16(18)19)12(8)20-13-9(7-17)3-2-4-15-13/h2-6,17H,7H2,1H3. The van der Waals surface area contributed by atoms with E-state index in [2.05, 4.69) is 20.9 Å². The molecule has 20 heavy (non-hydrogen) atoms. The summed E-state index contributed by atoms with van der Waals surface area (Å²) in [7, 11) is 0. The molecule has 0 radical (unpaired) electrons. The van der Waals surface area contributed by atoms with Gasteiger partial charge in [-0.15, -0.1) is 0 Å². The average molecular weight is 339 g/mol. The molecule has 0 aliphatic carbocycles. The van der Waals surface area contributed by atoms with Crippen LogP contribution in [-0.2, 0) is 6.61 Å². The van der Waals surface area contributed by atoms with E-state index in [0.717, 1.165) is 0 Å². The highest BCUT2D eigenvalue weighted by atomic mass is 79.9. The molecule has 1 aromatic carbocycles. The molecule has 1 heterocycles. The Balaban J connectivity index is 2.50. The van der Waals surface area contributed by atoms with E-state index in [1.54, 1.807) is 25.1 Å². The fourth-order valence-electron chi connectivity index (χ4n) is 1.71. The lowest BCUT2D eigenvalue weighted by Crippen LogP contribution is -1.99. The van der Waals surface area contributed by atoms with Gasteiger partial charge >= 0.3 is 5.69 Å². The molecule has 1 N–H and O–H groups in total. The molecule has 0 spiro atoms. The summed E-state index contributed by atoms with van der Waals surface area (Å²) in [6.45, 7) is 1.45. The number of aryl methyl sites for hydroxylation is 1. The zero-order valence-corrected chi connectivity index (χ0v) is 12.1. The summed E-state index contributed by atoms with van der Waals surface area (Å²) in [5, 5.41) is 20.3. The van der Waals surface area contributed by atoms with Gasteiger partial charge < -0.3 is 9.84 Å². The maximum Gasteiger partial charge on any atom is 0.313 e. The van der Waals surface area contributed by atoms with Crippen LogP contribution in [0.1, 0.15) is 11.1 Å². The molecule has 0 fully saturated rings. The first-order valence-electron chi connectivity index (χ1n) is 5.70. The summed E-state index contributed by atoms with van der Waals surface area (Å²) < 4.78 is 6.14. The Kier molecular flexibility index (Phi) is 4.31. The summed E-state index contributed by atoms with van der Waals surface area (Å²) in [6, 6.07) is 6.37. The molecule has 2 rings (SSSR count). The number of aliphatic hydroxyl groups is 1. The number of hydrogen-bond acceptors (Lipinski definition) is 5. The quantitative estimate of drug-likeness (QED) is 0.682. The van der Waals surface area contributed by atoms with Crippen LogP contribution in [0.3, 0.4) is 0 Å². The minimum absolute atomic E-state index is 0.117. The maximum atomic E-state index is 11.1. The Hall–Kier alpha value is -1.99. The second-order valence-electron chi connectivity index (χ2n) is 4.06. The molecular formula is C13H11BrN2O4. The van der Waals surface area contributed by atoms with Crippen LogP contribution in [0.25, 0.3) is 0 Å². The van der Waals surface area contributed by atoms with Crippen LogP contribution < -0.4 is 4.74 Å². The summed E-state index contributed by atoms with van der Waals surface area (Å²) in [4.78, 5) is 14.6. The van der Waals surface area contributed by atoms with Crippen molar-refractivity contribution in [3.05, 3.63) is 56.2 Å². The highest BCUT2D eigenvalue weighted by Gasteiger charge is 2.21. The lowest BCUT2D eigenvalue weighted by Gasteiger charge is -2.11. The normalized spacial score (nSPS) is 10.3. The molecule has 7 heteroatoms. The molecule has 6 nitrogen and oxygen atoms in total. The lowest BCUT2D eigenvalue weighted by atomic mass is 10.2. The zero-order valence-electron chi connectivity index (χ0n) is 10.5. The third-order valence-electron chi connectivity index (χ3n) is 2.64. The minimum atomic E-state index is -0.519. The first-order chi connectivity index (χ1) is 9.52. The predicted molar refractivity (Wildman–Crippen MR) is 75.8 cm³/mol. The second-order valence-corrected chi connectivity index (χ2v) is 4.97. The van der Waals surface area contributed by atoms with Gasteiger partial charge in [0.15, 0.2) is 0 Å². The molecule has 0 aliphatic rings. The van der Waals surface area contributed by atoms with Gasteiger partial charge in [-0.2, -0.15) is 0 Å².